The molecule has 1 saturated heterocycles. The lowest BCUT2D eigenvalue weighted by Crippen LogP contribution is -2.44. The molecule has 2 aliphatic rings. The van der Waals surface area contributed by atoms with Crippen molar-refractivity contribution < 1.29 is 14.7 Å². The Kier molecular flexibility index (Phi) is 4.48. The first kappa shape index (κ1) is 14.4. The van der Waals surface area contributed by atoms with Gasteiger partial charge in [-0.2, -0.15) is 0 Å². The molecule has 0 bridgehead atoms. The van der Waals surface area contributed by atoms with Crippen molar-refractivity contribution in [2.75, 3.05) is 13.1 Å². The minimum Gasteiger partial charge on any atom is -0.481 e. The van der Waals surface area contributed by atoms with Crippen molar-refractivity contribution in [1.82, 2.24) is 4.90 Å². The number of hydrogen-bond acceptors (Lipinski definition) is 2. The van der Waals surface area contributed by atoms with Crippen molar-refractivity contribution in [3.8, 4) is 0 Å². The third kappa shape index (κ3) is 3.10. The van der Waals surface area contributed by atoms with Crippen molar-refractivity contribution >= 4 is 11.9 Å². The third-order valence-corrected chi connectivity index (χ3v) is 4.84. The predicted molar refractivity (Wildman–Crippen MR) is 72.6 cm³/mol. The van der Waals surface area contributed by atoms with Crippen molar-refractivity contribution in [2.45, 2.75) is 46.0 Å². The van der Waals surface area contributed by atoms with E-state index in [4.69, 9.17) is 0 Å². The number of nitrogens with zero attached hydrogens (tertiary/aromatic N) is 1. The van der Waals surface area contributed by atoms with Crippen LogP contribution in [0, 0.1) is 23.7 Å². The van der Waals surface area contributed by atoms with E-state index in [1.807, 2.05) is 11.8 Å². The van der Waals surface area contributed by atoms with Crippen LogP contribution in [0.4, 0.5) is 0 Å². The summed E-state index contributed by atoms with van der Waals surface area (Å²) in [5.74, 6) is -0.518. The maximum absolute atomic E-state index is 12.6. The van der Waals surface area contributed by atoms with Gasteiger partial charge in [-0.05, 0) is 37.5 Å². The Morgan fingerprint density at radius 1 is 1.26 bits per heavy atom. The van der Waals surface area contributed by atoms with Crippen molar-refractivity contribution in [3.63, 3.8) is 0 Å². The van der Waals surface area contributed by atoms with Gasteiger partial charge in [-0.1, -0.05) is 20.3 Å². The number of aliphatic carboxylic acids is 1. The highest BCUT2D eigenvalue weighted by Crippen LogP contribution is 2.38. The zero-order valence-electron chi connectivity index (χ0n) is 12.0. The van der Waals surface area contributed by atoms with Gasteiger partial charge in [-0.3, -0.25) is 9.59 Å². The van der Waals surface area contributed by atoms with Crippen LogP contribution in [0.3, 0.4) is 0 Å². The number of carboxylic acids is 1. The SMILES string of the molecule is CCC1CCCN(C(=O)[C@H]2CC(C)C[C@H]2C(=O)O)C1. The van der Waals surface area contributed by atoms with E-state index >= 15 is 0 Å². The van der Waals surface area contributed by atoms with Gasteiger partial charge in [0.2, 0.25) is 5.91 Å². The molecule has 1 saturated carbocycles. The van der Waals surface area contributed by atoms with Crippen molar-refractivity contribution in [3.05, 3.63) is 0 Å². The van der Waals surface area contributed by atoms with Crippen LogP contribution in [-0.2, 0) is 9.59 Å². The number of rotatable bonds is 3. The Labute approximate surface area is 115 Å². The number of carboxylic acid groups (broad SMARTS) is 1. The van der Waals surface area contributed by atoms with Gasteiger partial charge in [0.1, 0.15) is 0 Å². The summed E-state index contributed by atoms with van der Waals surface area (Å²) in [5.41, 5.74) is 0. The van der Waals surface area contributed by atoms with Gasteiger partial charge >= 0.3 is 5.97 Å². The lowest BCUT2D eigenvalue weighted by atomic mass is 9.91. The lowest BCUT2D eigenvalue weighted by Gasteiger charge is -2.34. The zero-order chi connectivity index (χ0) is 14.0. The number of piperidine rings is 1. The van der Waals surface area contributed by atoms with Crippen LogP contribution in [0.5, 0.6) is 0 Å². The second-order valence-electron chi connectivity index (χ2n) is 6.33. The fourth-order valence-electron chi connectivity index (χ4n) is 3.67. The molecule has 2 unspecified atom stereocenters. The van der Waals surface area contributed by atoms with E-state index in [2.05, 4.69) is 6.92 Å². The lowest BCUT2D eigenvalue weighted by molar-refractivity contribution is -0.149. The van der Waals surface area contributed by atoms with E-state index in [0.717, 1.165) is 32.4 Å². The molecule has 0 aromatic carbocycles. The van der Waals surface area contributed by atoms with Gasteiger partial charge < -0.3 is 10.0 Å². The summed E-state index contributed by atoms with van der Waals surface area (Å²) in [6.45, 7) is 5.85. The van der Waals surface area contributed by atoms with E-state index in [-0.39, 0.29) is 11.8 Å². The molecule has 108 valence electrons. The number of carbonyl (C=O) groups excluding carboxylic acids is 1. The summed E-state index contributed by atoms with van der Waals surface area (Å²) in [4.78, 5) is 25.8. The first-order chi connectivity index (χ1) is 9.02. The summed E-state index contributed by atoms with van der Waals surface area (Å²) in [6, 6.07) is 0. The molecule has 4 heteroatoms. The van der Waals surface area contributed by atoms with Crippen molar-refractivity contribution in [1.29, 1.82) is 0 Å². The molecule has 1 aliphatic carbocycles. The second-order valence-corrected chi connectivity index (χ2v) is 6.33. The molecule has 2 fully saturated rings. The number of carbonyl (C=O) groups is 2. The van der Waals surface area contributed by atoms with Gasteiger partial charge in [0.25, 0.3) is 0 Å². The topological polar surface area (TPSA) is 57.6 Å². The zero-order valence-corrected chi connectivity index (χ0v) is 12.0. The Morgan fingerprint density at radius 2 is 1.95 bits per heavy atom. The molecule has 4 atom stereocenters. The van der Waals surface area contributed by atoms with E-state index < -0.39 is 11.9 Å². The number of hydrogen-bond donors (Lipinski definition) is 1. The molecular formula is C15H25NO3. The molecule has 2 rings (SSSR count). The van der Waals surface area contributed by atoms with Crippen LogP contribution in [-0.4, -0.2) is 35.0 Å². The highest BCUT2D eigenvalue weighted by molar-refractivity contribution is 5.85. The number of likely N-dealkylation sites (tertiary alicyclic amines) is 1. The summed E-state index contributed by atoms with van der Waals surface area (Å²) >= 11 is 0. The normalized spacial score (nSPS) is 35.4. The van der Waals surface area contributed by atoms with Gasteiger partial charge in [-0.15, -0.1) is 0 Å². The highest BCUT2D eigenvalue weighted by Gasteiger charge is 2.43. The van der Waals surface area contributed by atoms with Crippen molar-refractivity contribution in [2.24, 2.45) is 23.7 Å². The van der Waals surface area contributed by atoms with Gasteiger partial charge in [0, 0.05) is 13.1 Å². The second kappa shape index (κ2) is 5.93. The Balaban J connectivity index is 2.03. The van der Waals surface area contributed by atoms with E-state index in [1.165, 1.54) is 6.42 Å². The van der Waals surface area contributed by atoms with E-state index in [1.54, 1.807) is 0 Å². The Morgan fingerprint density at radius 3 is 2.58 bits per heavy atom. The molecule has 4 nitrogen and oxygen atoms in total. The van der Waals surface area contributed by atoms with E-state index in [9.17, 15) is 14.7 Å². The quantitative estimate of drug-likeness (QED) is 0.854. The first-order valence-electron chi connectivity index (χ1n) is 7.54. The monoisotopic (exact) mass is 267 g/mol. The minimum absolute atomic E-state index is 0.0925. The van der Waals surface area contributed by atoms with Crippen LogP contribution >= 0.6 is 0 Å². The molecule has 0 aromatic heterocycles. The molecule has 1 N–H and O–H groups in total. The summed E-state index contributed by atoms with van der Waals surface area (Å²) in [7, 11) is 0. The Bertz CT molecular complexity index is 355. The molecule has 1 aliphatic heterocycles. The summed E-state index contributed by atoms with van der Waals surface area (Å²) < 4.78 is 0. The van der Waals surface area contributed by atoms with Gasteiger partial charge in [0.15, 0.2) is 0 Å². The predicted octanol–water partition coefficient (Wildman–Crippen LogP) is 2.38. The van der Waals surface area contributed by atoms with Gasteiger partial charge in [-0.25, -0.2) is 0 Å². The first-order valence-corrected chi connectivity index (χ1v) is 7.54. The molecule has 19 heavy (non-hydrogen) atoms. The molecule has 0 radical (unpaired) electrons. The molecular weight excluding hydrogens is 242 g/mol. The molecule has 1 amide bonds. The maximum atomic E-state index is 12.6. The van der Waals surface area contributed by atoms with Crippen LogP contribution in [0.1, 0.15) is 46.0 Å². The molecule has 0 aromatic rings. The van der Waals surface area contributed by atoms with E-state index in [0.29, 0.717) is 18.3 Å². The van der Waals surface area contributed by atoms with Crippen LogP contribution < -0.4 is 0 Å². The van der Waals surface area contributed by atoms with Gasteiger partial charge in [0.05, 0.1) is 11.8 Å². The fraction of sp³-hybridized carbons (Fsp3) is 0.867. The smallest absolute Gasteiger partial charge is 0.307 e. The maximum Gasteiger partial charge on any atom is 0.307 e. The molecule has 1 heterocycles. The average molecular weight is 267 g/mol. The third-order valence-electron chi connectivity index (χ3n) is 4.84. The fourth-order valence-corrected chi connectivity index (χ4v) is 3.67. The highest BCUT2D eigenvalue weighted by atomic mass is 16.4. The number of amides is 1. The molecule has 0 spiro atoms. The van der Waals surface area contributed by atoms with Crippen LogP contribution in [0.2, 0.25) is 0 Å². The summed E-state index contributed by atoms with van der Waals surface area (Å²) in [5, 5.41) is 9.28. The van der Waals surface area contributed by atoms with Crippen LogP contribution in [0.15, 0.2) is 0 Å². The largest absolute Gasteiger partial charge is 0.481 e. The van der Waals surface area contributed by atoms with Crippen LogP contribution in [0.25, 0.3) is 0 Å². The summed E-state index contributed by atoms with van der Waals surface area (Å²) in [6.07, 6.45) is 4.75. The average Bonchev–Trinajstić information content (AvgIpc) is 2.80. The minimum atomic E-state index is -0.799. The standard InChI is InChI=1S/C15H25NO3/c1-3-11-5-4-6-16(9-11)14(17)12-7-10(2)8-13(12)15(18)19/h10-13H,3-9H2,1-2H3,(H,18,19)/t10?,11?,12-,13+/m0/s1. The Hall–Kier alpha value is -1.06.